The van der Waals surface area contributed by atoms with Gasteiger partial charge in [-0.1, -0.05) is 13.3 Å². The van der Waals surface area contributed by atoms with Crippen molar-refractivity contribution < 1.29 is 9.90 Å². The van der Waals surface area contributed by atoms with Crippen LogP contribution in [-0.4, -0.2) is 34.1 Å². The van der Waals surface area contributed by atoms with E-state index in [1.165, 1.54) is 19.3 Å². The van der Waals surface area contributed by atoms with Crippen LogP contribution < -0.4 is 10.6 Å². The largest absolute Gasteiger partial charge is 0.396 e. The molecule has 0 bridgehead atoms. The first-order chi connectivity index (χ1) is 9.60. The van der Waals surface area contributed by atoms with E-state index < -0.39 is 0 Å². The third kappa shape index (κ3) is 3.72. The highest BCUT2D eigenvalue weighted by Gasteiger charge is 2.23. The van der Waals surface area contributed by atoms with Crippen LogP contribution in [0.15, 0.2) is 6.07 Å². The maximum atomic E-state index is 11.8. The molecule has 1 aromatic rings. The van der Waals surface area contributed by atoms with E-state index in [-0.39, 0.29) is 18.6 Å². The van der Waals surface area contributed by atoms with Crippen LogP contribution in [0.3, 0.4) is 0 Å². The van der Waals surface area contributed by atoms with Gasteiger partial charge in [0.05, 0.1) is 5.69 Å². The molecule has 0 radical (unpaired) electrons. The Bertz CT molecular complexity index is 454. The number of aliphatic hydroxyl groups is 1. The third-order valence-electron chi connectivity index (χ3n) is 3.90. The number of rotatable bonds is 6. The Kier molecular flexibility index (Phi) is 5.00. The maximum absolute atomic E-state index is 11.8. The van der Waals surface area contributed by atoms with Crippen LogP contribution in [-0.2, 0) is 7.05 Å². The Morgan fingerprint density at radius 1 is 1.60 bits per heavy atom. The van der Waals surface area contributed by atoms with E-state index in [4.69, 9.17) is 5.11 Å². The zero-order valence-corrected chi connectivity index (χ0v) is 12.2. The Balaban J connectivity index is 1.83. The minimum absolute atomic E-state index is 0.150. The lowest BCUT2D eigenvalue weighted by Gasteiger charge is -2.22. The molecule has 1 saturated carbocycles. The van der Waals surface area contributed by atoms with Crippen molar-refractivity contribution in [3.05, 3.63) is 11.8 Å². The van der Waals surface area contributed by atoms with Crippen molar-refractivity contribution in [3.63, 3.8) is 0 Å². The first-order valence-corrected chi connectivity index (χ1v) is 7.29. The summed E-state index contributed by atoms with van der Waals surface area (Å²) in [5.74, 6) is 1.55. The normalized spacial score (nSPS) is 16.6. The van der Waals surface area contributed by atoms with Gasteiger partial charge in [0.2, 0.25) is 0 Å². The highest BCUT2D eigenvalue weighted by atomic mass is 16.3. The molecule has 1 aromatic heterocycles. The molecule has 0 aromatic carbocycles. The molecule has 1 fully saturated rings. The van der Waals surface area contributed by atoms with E-state index in [2.05, 4.69) is 15.7 Å². The standard InChI is InChI=1S/C14H24N4O2/c1-10(6-7-19)9-15-14(20)16-13-8-12(17-18(13)2)11-4-3-5-11/h8,10-11,19H,3-7,9H2,1-2H3,(H2,15,16,20). The summed E-state index contributed by atoms with van der Waals surface area (Å²) >= 11 is 0. The monoisotopic (exact) mass is 280 g/mol. The van der Waals surface area contributed by atoms with Crippen LogP contribution in [0.5, 0.6) is 0 Å². The maximum Gasteiger partial charge on any atom is 0.320 e. The number of hydrogen-bond acceptors (Lipinski definition) is 3. The van der Waals surface area contributed by atoms with Crippen LogP contribution in [0.1, 0.15) is 44.2 Å². The highest BCUT2D eigenvalue weighted by molar-refractivity contribution is 5.88. The second-order valence-electron chi connectivity index (χ2n) is 5.66. The van der Waals surface area contributed by atoms with Gasteiger partial charge in [-0.3, -0.25) is 10.00 Å². The van der Waals surface area contributed by atoms with Gasteiger partial charge in [0.25, 0.3) is 0 Å². The Labute approximate surface area is 119 Å². The Morgan fingerprint density at radius 2 is 2.35 bits per heavy atom. The first kappa shape index (κ1) is 14.8. The predicted octanol–water partition coefficient (Wildman–Crippen LogP) is 1.83. The van der Waals surface area contributed by atoms with Crippen LogP contribution in [0, 0.1) is 5.92 Å². The van der Waals surface area contributed by atoms with Crippen molar-refractivity contribution in [1.29, 1.82) is 0 Å². The predicted molar refractivity (Wildman–Crippen MR) is 77.7 cm³/mol. The number of amides is 2. The van der Waals surface area contributed by atoms with Crippen molar-refractivity contribution in [1.82, 2.24) is 15.1 Å². The van der Waals surface area contributed by atoms with Crippen LogP contribution in [0.4, 0.5) is 10.6 Å². The summed E-state index contributed by atoms with van der Waals surface area (Å²) in [4.78, 5) is 11.8. The summed E-state index contributed by atoms with van der Waals surface area (Å²) in [6.45, 7) is 2.70. The van der Waals surface area contributed by atoms with E-state index in [0.717, 1.165) is 11.5 Å². The molecule has 2 amide bonds. The van der Waals surface area contributed by atoms with Crippen molar-refractivity contribution >= 4 is 11.8 Å². The van der Waals surface area contributed by atoms with Crippen molar-refractivity contribution in [2.24, 2.45) is 13.0 Å². The fourth-order valence-corrected chi connectivity index (χ4v) is 2.26. The fraction of sp³-hybridized carbons (Fsp3) is 0.714. The van der Waals surface area contributed by atoms with Gasteiger partial charge in [-0.25, -0.2) is 4.79 Å². The van der Waals surface area contributed by atoms with Gasteiger partial charge in [0, 0.05) is 32.2 Å². The molecule has 0 saturated heterocycles. The van der Waals surface area contributed by atoms with Crippen molar-refractivity contribution in [2.75, 3.05) is 18.5 Å². The SMILES string of the molecule is CC(CCO)CNC(=O)Nc1cc(C2CCC2)nn1C. The van der Waals surface area contributed by atoms with E-state index in [1.54, 1.807) is 4.68 Å². The lowest BCUT2D eigenvalue weighted by Crippen LogP contribution is -2.33. The topological polar surface area (TPSA) is 79.2 Å². The van der Waals surface area contributed by atoms with Gasteiger partial charge in [-0.15, -0.1) is 0 Å². The molecule has 112 valence electrons. The first-order valence-electron chi connectivity index (χ1n) is 7.29. The van der Waals surface area contributed by atoms with Crippen LogP contribution in [0.25, 0.3) is 0 Å². The molecule has 1 atom stereocenters. The summed E-state index contributed by atoms with van der Waals surface area (Å²) < 4.78 is 1.71. The smallest absolute Gasteiger partial charge is 0.320 e. The third-order valence-corrected chi connectivity index (χ3v) is 3.90. The molecule has 1 aliphatic carbocycles. The minimum Gasteiger partial charge on any atom is -0.396 e. The molecule has 0 aliphatic heterocycles. The number of hydrogen-bond donors (Lipinski definition) is 3. The van der Waals surface area contributed by atoms with Gasteiger partial charge >= 0.3 is 6.03 Å². The Morgan fingerprint density at radius 3 is 2.95 bits per heavy atom. The zero-order valence-electron chi connectivity index (χ0n) is 12.2. The van der Waals surface area contributed by atoms with Crippen LogP contribution >= 0.6 is 0 Å². The van der Waals surface area contributed by atoms with Gasteiger partial charge in [-0.05, 0) is 25.2 Å². The second kappa shape index (κ2) is 6.74. The summed E-state index contributed by atoms with van der Waals surface area (Å²) in [5, 5.41) is 18.9. The quantitative estimate of drug-likeness (QED) is 0.743. The van der Waals surface area contributed by atoms with E-state index >= 15 is 0 Å². The average molecular weight is 280 g/mol. The van der Waals surface area contributed by atoms with Gasteiger partial charge in [-0.2, -0.15) is 5.10 Å². The molecule has 6 nitrogen and oxygen atoms in total. The average Bonchev–Trinajstić information content (AvgIpc) is 2.66. The van der Waals surface area contributed by atoms with E-state index in [9.17, 15) is 4.79 Å². The second-order valence-corrected chi connectivity index (χ2v) is 5.66. The number of aromatic nitrogens is 2. The zero-order chi connectivity index (χ0) is 14.5. The van der Waals surface area contributed by atoms with Crippen molar-refractivity contribution in [3.8, 4) is 0 Å². The molecule has 1 aliphatic rings. The summed E-state index contributed by atoms with van der Waals surface area (Å²) in [7, 11) is 1.84. The van der Waals surface area contributed by atoms with Crippen LogP contribution in [0.2, 0.25) is 0 Å². The highest BCUT2D eigenvalue weighted by Crippen LogP contribution is 2.36. The summed E-state index contributed by atoms with van der Waals surface area (Å²) in [6, 6.07) is 1.73. The minimum atomic E-state index is -0.224. The molecular weight excluding hydrogens is 256 g/mol. The molecule has 1 heterocycles. The van der Waals surface area contributed by atoms with Crippen molar-refractivity contribution in [2.45, 2.75) is 38.5 Å². The van der Waals surface area contributed by atoms with E-state index in [0.29, 0.717) is 18.9 Å². The lowest BCUT2D eigenvalue weighted by molar-refractivity contribution is 0.243. The number of carbonyl (C=O) groups is 1. The number of anilines is 1. The summed E-state index contributed by atoms with van der Waals surface area (Å²) in [6.07, 6.45) is 4.35. The van der Waals surface area contributed by atoms with Gasteiger partial charge in [0.1, 0.15) is 5.82 Å². The molecule has 2 rings (SSSR count). The number of carbonyl (C=O) groups excluding carboxylic acids is 1. The molecule has 1 unspecified atom stereocenters. The number of urea groups is 1. The number of aliphatic hydroxyl groups excluding tert-OH is 1. The molecule has 6 heteroatoms. The van der Waals surface area contributed by atoms with Gasteiger partial charge < -0.3 is 10.4 Å². The number of nitrogens with zero attached hydrogens (tertiary/aromatic N) is 2. The number of nitrogens with one attached hydrogen (secondary N) is 2. The molecule has 20 heavy (non-hydrogen) atoms. The molecule has 0 spiro atoms. The molecular formula is C14H24N4O2. The Hall–Kier alpha value is -1.56. The fourth-order valence-electron chi connectivity index (χ4n) is 2.26. The number of aryl methyl sites for hydroxylation is 1. The van der Waals surface area contributed by atoms with E-state index in [1.807, 2.05) is 20.0 Å². The lowest BCUT2D eigenvalue weighted by atomic mass is 9.83. The van der Waals surface area contributed by atoms with Gasteiger partial charge in [0.15, 0.2) is 0 Å². The summed E-state index contributed by atoms with van der Waals surface area (Å²) in [5.41, 5.74) is 1.07. The molecule has 3 N–H and O–H groups in total.